The summed E-state index contributed by atoms with van der Waals surface area (Å²) in [6.07, 6.45) is 0. The lowest BCUT2D eigenvalue weighted by Gasteiger charge is -2.11. The minimum Gasteiger partial charge on any atom is -0.493 e. The highest BCUT2D eigenvalue weighted by Crippen LogP contribution is 2.33. The Kier molecular flexibility index (Phi) is 6.40. The van der Waals surface area contributed by atoms with Gasteiger partial charge in [0.15, 0.2) is 0 Å². The third kappa shape index (κ3) is 4.57. The van der Waals surface area contributed by atoms with Crippen LogP contribution in [-0.4, -0.2) is 6.61 Å². The molecule has 0 aliphatic heterocycles. The predicted octanol–water partition coefficient (Wildman–Crippen LogP) is 9.02. The summed E-state index contributed by atoms with van der Waals surface area (Å²) in [6, 6.07) is 43.2. The molecule has 0 spiro atoms. The fourth-order valence-corrected chi connectivity index (χ4v) is 4.16. The highest BCUT2D eigenvalue weighted by molar-refractivity contribution is 5.91. The van der Waals surface area contributed by atoms with E-state index < -0.39 is 0 Å². The van der Waals surface area contributed by atoms with Crippen LogP contribution in [-0.2, 0) is 0 Å². The van der Waals surface area contributed by atoms with Crippen LogP contribution in [0.2, 0.25) is 0 Å². The molecule has 0 saturated carbocycles. The molecule has 0 amide bonds. The van der Waals surface area contributed by atoms with Crippen molar-refractivity contribution in [2.24, 2.45) is 0 Å². The van der Waals surface area contributed by atoms with Crippen molar-refractivity contribution in [2.75, 3.05) is 6.61 Å². The van der Waals surface area contributed by atoms with E-state index in [0.29, 0.717) is 6.61 Å². The van der Waals surface area contributed by atoms with Crippen molar-refractivity contribution in [1.82, 2.24) is 0 Å². The molecule has 0 unspecified atom stereocenters. The number of hydrogen-bond acceptors (Lipinski definition) is 2. The molecule has 0 atom stereocenters. The molecule has 34 heavy (non-hydrogen) atoms. The molecule has 2 heteroatoms. The first-order valence-corrected chi connectivity index (χ1v) is 11.6. The summed E-state index contributed by atoms with van der Waals surface area (Å²) in [5, 5.41) is 7.06. The monoisotopic (exact) mass is 442 g/mol. The zero-order valence-electron chi connectivity index (χ0n) is 19.1. The van der Waals surface area contributed by atoms with Crippen molar-refractivity contribution in [1.29, 1.82) is 0 Å². The van der Waals surface area contributed by atoms with E-state index in [2.05, 4.69) is 54.6 Å². The lowest BCUT2D eigenvalue weighted by atomic mass is 10.1. The van der Waals surface area contributed by atoms with Crippen LogP contribution in [0.4, 0.5) is 0 Å². The third-order valence-corrected chi connectivity index (χ3v) is 5.77. The molecule has 6 aromatic rings. The molecule has 0 N–H and O–H groups in total. The molecular formula is C32H26O2. The van der Waals surface area contributed by atoms with Crippen LogP contribution in [0.5, 0.6) is 17.2 Å². The average molecular weight is 443 g/mol. The Morgan fingerprint density at radius 1 is 0.412 bits per heavy atom. The molecule has 0 saturated heterocycles. The fourth-order valence-electron chi connectivity index (χ4n) is 4.16. The molecule has 2 nitrogen and oxygen atoms in total. The van der Waals surface area contributed by atoms with Gasteiger partial charge in [0.25, 0.3) is 0 Å². The van der Waals surface area contributed by atoms with E-state index >= 15 is 0 Å². The van der Waals surface area contributed by atoms with Crippen molar-refractivity contribution < 1.29 is 9.47 Å². The van der Waals surface area contributed by atoms with Gasteiger partial charge < -0.3 is 9.47 Å². The van der Waals surface area contributed by atoms with E-state index in [1.807, 2.05) is 79.7 Å². The molecule has 6 rings (SSSR count). The highest BCUT2D eigenvalue weighted by atomic mass is 16.5. The molecule has 0 heterocycles. The number of ether oxygens (including phenoxy) is 2. The zero-order valence-corrected chi connectivity index (χ0v) is 19.1. The van der Waals surface area contributed by atoms with Gasteiger partial charge >= 0.3 is 0 Å². The summed E-state index contributed by atoms with van der Waals surface area (Å²) in [7, 11) is 0. The van der Waals surface area contributed by atoms with E-state index in [1.165, 1.54) is 21.5 Å². The summed E-state index contributed by atoms with van der Waals surface area (Å²) in [5.74, 6) is 2.76. The van der Waals surface area contributed by atoms with Crippen molar-refractivity contribution >= 4 is 32.3 Å². The Morgan fingerprint density at radius 2 is 0.765 bits per heavy atom. The molecule has 0 aromatic heterocycles. The van der Waals surface area contributed by atoms with Crippen LogP contribution in [0.3, 0.4) is 0 Å². The van der Waals surface area contributed by atoms with Crippen LogP contribution in [0.25, 0.3) is 32.3 Å². The number of fused-ring (bicyclic) bond motifs is 3. The standard InChI is InChI=1S/C20H14O.C12H12O/c1-3-11-17-15(7-1)9-5-13-19(17)21-20-14-6-10-16-8-2-4-12-18(16)20;1-2-13-12-9-5-7-10-6-3-4-8-11(10)12/h1-14H;3-9H,2H2,1H3. The van der Waals surface area contributed by atoms with E-state index in [9.17, 15) is 0 Å². The van der Waals surface area contributed by atoms with Crippen LogP contribution in [0.15, 0.2) is 127 Å². The SMILES string of the molecule is CCOc1cccc2ccccc12.c1ccc2c(Oc3cccc4ccccc34)cccc2c1. The van der Waals surface area contributed by atoms with Gasteiger partial charge in [0.05, 0.1) is 6.61 Å². The minimum atomic E-state index is 0.716. The largest absolute Gasteiger partial charge is 0.493 e. The minimum absolute atomic E-state index is 0.716. The molecule has 0 aliphatic rings. The molecule has 0 bridgehead atoms. The molecule has 0 fully saturated rings. The summed E-state index contributed by atoms with van der Waals surface area (Å²) >= 11 is 0. The smallest absolute Gasteiger partial charge is 0.135 e. The third-order valence-electron chi connectivity index (χ3n) is 5.77. The fraction of sp³-hybridized carbons (Fsp3) is 0.0625. The van der Waals surface area contributed by atoms with Crippen molar-refractivity contribution in [3.63, 3.8) is 0 Å². The molecule has 0 radical (unpaired) electrons. The van der Waals surface area contributed by atoms with Gasteiger partial charge in [-0.3, -0.25) is 0 Å². The summed E-state index contributed by atoms with van der Waals surface area (Å²) in [4.78, 5) is 0. The highest BCUT2D eigenvalue weighted by Gasteiger charge is 2.06. The van der Waals surface area contributed by atoms with Crippen molar-refractivity contribution in [2.45, 2.75) is 6.92 Å². The van der Waals surface area contributed by atoms with Gasteiger partial charge in [0.2, 0.25) is 0 Å². The first-order chi connectivity index (χ1) is 16.8. The van der Waals surface area contributed by atoms with E-state index in [1.54, 1.807) is 0 Å². The Bertz CT molecular complexity index is 1460. The van der Waals surface area contributed by atoms with Gasteiger partial charge in [-0.15, -0.1) is 0 Å². The topological polar surface area (TPSA) is 18.5 Å². The average Bonchev–Trinajstić information content (AvgIpc) is 2.90. The van der Waals surface area contributed by atoms with Crippen LogP contribution in [0.1, 0.15) is 6.92 Å². The van der Waals surface area contributed by atoms with Gasteiger partial charge in [-0.25, -0.2) is 0 Å². The van der Waals surface area contributed by atoms with E-state index in [4.69, 9.17) is 9.47 Å². The Labute approximate surface area is 200 Å². The molecule has 6 aromatic carbocycles. The normalized spacial score (nSPS) is 10.6. The first kappa shape index (κ1) is 21.5. The molecule has 0 aliphatic carbocycles. The van der Waals surface area contributed by atoms with Crippen LogP contribution < -0.4 is 9.47 Å². The summed E-state index contributed by atoms with van der Waals surface area (Å²) in [5.41, 5.74) is 0. The van der Waals surface area contributed by atoms with Crippen molar-refractivity contribution in [3.8, 4) is 17.2 Å². The van der Waals surface area contributed by atoms with Crippen molar-refractivity contribution in [3.05, 3.63) is 127 Å². The number of hydrogen-bond donors (Lipinski definition) is 0. The number of rotatable bonds is 4. The Morgan fingerprint density at radius 3 is 1.21 bits per heavy atom. The molecular weight excluding hydrogens is 416 g/mol. The second-order valence-corrected chi connectivity index (χ2v) is 7.97. The maximum Gasteiger partial charge on any atom is 0.135 e. The van der Waals surface area contributed by atoms with Crippen LogP contribution >= 0.6 is 0 Å². The van der Waals surface area contributed by atoms with Gasteiger partial charge in [-0.2, -0.15) is 0 Å². The van der Waals surface area contributed by atoms with Crippen LogP contribution in [0, 0.1) is 0 Å². The first-order valence-electron chi connectivity index (χ1n) is 11.6. The Balaban J connectivity index is 0.000000159. The van der Waals surface area contributed by atoms with Gasteiger partial charge in [0, 0.05) is 16.2 Å². The van der Waals surface area contributed by atoms with E-state index in [0.717, 1.165) is 28.0 Å². The maximum atomic E-state index is 6.20. The molecule has 166 valence electrons. The van der Waals surface area contributed by atoms with Gasteiger partial charge in [0.1, 0.15) is 17.2 Å². The Hall–Kier alpha value is -4.30. The van der Waals surface area contributed by atoms with Gasteiger partial charge in [-0.1, -0.05) is 109 Å². The predicted molar refractivity (Wildman–Crippen MR) is 143 cm³/mol. The van der Waals surface area contributed by atoms with Gasteiger partial charge in [-0.05, 0) is 41.3 Å². The summed E-state index contributed by atoms with van der Waals surface area (Å²) in [6.45, 7) is 2.72. The second kappa shape index (κ2) is 10.1. The lowest BCUT2D eigenvalue weighted by Crippen LogP contribution is -1.91. The van der Waals surface area contributed by atoms with E-state index in [-0.39, 0.29) is 0 Å². The zero-order chi connectivity index (χ0) is 23.2. The second-order valence-electron chi connectivity index (χ2n) is 7.97. The quantitative estimate of drug-likeness (QED) is 0.271. The summed E-state index contributed by atoms with van der Waals surface area (Å²) < 4.78 is 11.7. The lowest BCUT2D eigenvalue weighted by molar-refractivity contribution is 0.344. The number of benzene rings is 6. The maximum absolute atomic E-state index is 6.20.